The molecule has 6 heteroatoms. The van der Waals surface area contributed by atoms with Crippen LogP contribution >= 0.6 is 0 Å². The SMILES string of the molecule is O=C(c1ccnc(C2CC2)n1)N1CC=C(C2(C(=O)O)CCC2)CC1. The van der Waals surface area contributed by atoms with E-state index in [1.165, 1.54) is 0 Å². The number of aromatic nitrogens is 2. The molecule has 0 unspecified atom stereocenters. The largest absolute Gasteiger partial charge is 0.481 e. The van der Waals surface area contributed by atoms with E-state index in [2.05, 4.69) is 9.97 Å². The summed E-state index contributed by atoms with van der Waals surface area (Å²) in [6.07, 6.45) is 8.85. The van der Waals surface area contributed by atoms with Gasteiger partial charge in [0.15, 0.2) is 0 Å². The lowest BCUT2D eigenvalue weighted by molar-refractivity contribution is -0.151. The lowest BCUT2D eigenvalue weighted by Gasteiger charge is -2.42. The molecule has 0 spiro atoms. The molecule has 1 aliphatic heterocycles. The molecule has 0 saturated heterocycles. The average molecular weight is 327 g/mol. The quantitative estimate of drug-likeness (QED) is 0.859. The van der Waals surface area contributed by atoms with E-state index in [-0.39, 0.29) is 5.91 Å². The van der Waals surface area contributed by atoms with Crippen molar-refractivity contribution in [2.45, 2.75) is 44.4 Å². The van der Waals surface area contributed by atoms with E-state index in [1.807, 2.05) is 6.08 Å². The normalized spacial score (nSPS) is 22.5. The predicted octanol–water partition coefficient (Wildman–Crippen LogP) is 2.38. The van der Waals surface area contributed by atoms with Gasteiger partial charge in [0.1, 0.15) is 11.5 Å². The molecule has 1 N–H and O–H groups in total. The van der Waals surface area contributed by atoms with Crippen molar-refractivity contribution in [1.29, 1.82) is 0 Å². The van der Waals surface area contributed by atoms with Gasteiger partial charge >= 0.3 is 5.97 Å². The van der Waals surface area contributed by atoms with Gasteiger partial charge in [-0.1, -0.05) is 18.1 Å². The van der Waals surface area contributed by atoms with Gasteiger partial charge in [-0.2, -0.15) is 0 Å². The number of carbonyl (C=O) groups is 2. The maximum Gasteiger partial charge on any atom is 0.313 e. The smallest absolute Gasteiger partial charge is 0.313 e. The third-order valence-corrected chi connectivity index (χ3v) is 5.56. The van der Waals surface area contributed by atoms with Crippen LogP contribution in [-0.4, -0.2) is 44.9 Å². The summed E-state index contributed by atoms with van der Waals surface area (Å²) in [4.78, 5) is 34.7. The second-order valence-corrected chi connectivity index (χ2v) is 7.05. The maximum atomic E-state index is 12.7. The van der Waals surface area contributed by atoms with Gasteiger partial charge in [0.25, 0.3) is 5.91 Å². The third kappa shape index (κ3) is 2.50. The fourth-order valence-electron chi connectivity index (χ4n) is 3.68. The lowest BCUT2D eigenvalue weighted by Crippen LogP contribution is -2.44. The number of amides is 1. The van der Waals surface area contributed by atoms with Gasteiger partial charge in [-0.3, -0.25) is 9.59 Å². The Hall–Kier alpha value is -2.24. The molecule has 24 heavy (non-hydrogen) atoms. The predicted molar refractivity (Wildman–Crippen MR) is 86.5 cm³/mol. The molecule has 1 aromatic heterocycles. The van der Waals surface area contributed by atoms with Crippen molar-refractivity contribution in [3.63, 3.8) is 0 Å². The molecule has 2 saturated carbocycles. The molecule has 3 aliphatic rings. The summed E-state index contributed by atoms with van der Waals surface area (Å²) < 4.78 is 0. The van der Waals surface area contributed by atoms with Crippen LogP contribution in [0.25, 0.3) is 0 Å². The Balaban J connectivity index is 1.48. The molecule has 4 rings (SSSR count). The zero-order valence-electron chi connectivity index (χ0n) is 13.6. The molecule has 0 aromatic carbocycles. The minimum absolute atomic E-state index is 0.0902. The molecular weight excluding hydrogens is 306 g/mol. The first-order chi connectivity index (χ1) is 11.6. The highest BCUT2D eigenvalue weighted by Crippen LogP contribution is 2.49. The van der Waals surface area contributed by atoms with Crippen LogP contribution in [0.2, 0.25) is 0 Å². The van der Waals surface area contributed by atoms with Crippen molar-refractivity contribution in [3.05, 3.63) is 35.4 Å². The molecule has 0 atom stereocenters. The van der Waals surface area contributed by atoms with Crippen LogP contribution in [0, 0.1) is 5.41 Å². The first-order valence-corrected chi connectivity index (χ1v) is 8.65. The molecule has 1 aromatic rings. The van der Waals surface area contributed by atoms with Crippen LogP contribution in [0.3, 0.4) is 0 Å². The highest BCUT2D eigenvalue weighted by Gasteiger charge is 2.47. The van der Waals surface area contributed by atoms with Crippen molar-refractivity contribution in [2.24, 2.45) is 5.41 Å². The molecule has 2 fully saturated rings. The minimum atomic E-state index is -0.718. The van der Waals surface area contributed by atoms with E-state index in [0.29, 0.717) is 31.1 Å². The number of carbonyl (C=O) groups excluding carboxylic acids is 1. The Labute approximate surface area is 140 Å². The van der Waals surface area contributed by atoms with E-state index in [0.717, 1.165) is 43.5 Å². The topological polar surface area (TPSA) is 83.4 Å². The Bertz CT molecular complexity index is 720. The van der Waals surface area contributed by atoms with E-state index in [9.17, 15) is 14.7 Å². The van der Waals surface area contributed by atoms with Gasteiger partial charge in [0.2, 0.25) is 0 Å². The second-order valence-electron chi connectivity index (χ2n) is 7.05. The van der Waals surface area contributed by atoms with E-state index >= 15 is 0 Å². The van der Waals surface area contributed by atoms with Crippen molar-refractivity contribution in [2.75, 3.05) is 13.1 Å². The summed E-state index contributed by atoms with van der Waals surface area (Å²) in [5.41, 5.74) is 0.774. The van der Waals surface area contributed by atoms with Crippen molar-refractivity contribution in [1.82, 2.24) is 14.9 Å². The summed E-state index contributed by atoms with van der Waals surface area (Å²) >= 11 is 0. The number of nitrogens with zero attached hydrogens (tertiary/aromatic N) is 3. The standard InChI is InChI=1S/C18H21N3O3/c22-16(14-4-9-19-15(20-14)12-2-3-12)21-10-5-13(6-11-21)18(17(23)24)7-1-8-18/h4-5,9,12H,1-3,6-8,10-11H2,(H,23,24). The van der Waals surface area contributed by atoms with E-state index in [4.69, 9.17) is 0 Å². The van der Waals surface area contributed by atoms with Gasteiger partial charge < -0.3 is 10.0 Å². The molecule has 126 valence electrons. The van der Waals surface area contributed by atoms with E-state index in [1.54, 1.807) is 17.2 Å². The number of carboxylic acids is 1. The number of hydrogen-bond donors (Lipinski definition) is 1. The number of aliphatic carboxylic acids is 1. The van der Waals surface area contributed by atoms with Crippen LogP contribution in [0.4, 0.5) is 0 Å². The Morgan fingerprint density at radius 2 is 2.08 bits per heavy atom. The molecule has 6 nitrogen and oxygen atoms in total. The molecule has 1 amide bonds. The van der Waals surface area contributed by atoms with Crippen LogP contribution in [0.5, 0.6) is 0 Å². The molecule has 0 radical (unpaired) electrons. The van der Waals surface area contributed by atoms with Crippen molar-refractivity contribution >= 4 is 11.9 Å². The second kappa shape index (κ2) is 5.69. The summed E-state index contributed by atoms with van der Waals surface area (Å²) in [5, 5.41) is 9.54. The van der Waals surface area contributed by atoms with Gasteiger partial charge in [-0.15, -0.1) is 0 Å². The van der Waals surface area contributed by atoms with Crippen LogP contribution < -0.4 is 0 Å². The van der Waals surface area contributed by atoms with Crippen LogP contribution in [0.15, 0.2) is 23.9 Å². The van der Waals surface area contributed by atoms with Gasteiger partial charge in [0.05, 0.1) is 5.41 Å². The zero-order valence-corrected chi connectivity index (χ0v) is 13.6. The highest BCUT2D eigenvalue weighted by molar-refractivity contribution is 5.92. The first kappa shape index (κ1) is 15.3. The summed E-state index contributed by atoms with van der Waals surface area (Å²) in [7, 11) is 0. The average Bonchev–Trinajstić information content (AvgIpc) is 3.38. The maximum absolute atomic E-state index is 12.7. The minimum Gasteiger partial charge on any atom is -0.481 e. The number of hydrogen-bond acceptors (Lipinski definition) is 4. The molecule has 2 heterocycles. The summed E-state index contributed by atoms with van der Waals surface area (Å²) in [6, 6.07) is 1.66. The molecular formula is C18H21N3O3. The number of carboxylic acid groups (broad SMARTS) is 1. The van der Waals surface area contributed by atoms with Gasteiger partial charge in [-0.05, 0) is 38.2 Å². The van der Waals surface area contributed by atoms with Crippen LogP contribution in [0.1, 0.15) is 60.8 Å². The highest BCUT2D eigenvalue weighted by atomic mass is 16.4. The summed E-state index contributed by atoms with van der Waals surface area (Å²) in [5.74, 6) is 0.380. The monoisotopic (exact) mass is 327 g/mol. The van der Waals surface area contributed by atoms with Crippen molar-refractivity contribution < 1.29 is 14.7 Å². The Kier molecular flexibility index (Phi) is 3.62. The fourth-order valence-corrected chi connectivity index (χ4v) is 3.68. The first-order valence-electron chi connectivity index (χ1n) is 8.65. The Morgan fingerprint density at radius 3 is 2.62 bits per heavy atom. The third-order valence-electron chi connectivity index (χ3n) is 5.56. The number of rotatable bonds is 4. The van der Waals surface area contributed by atoms with Gasteiger partial charge in [0, 0.05) is 25.2 Å². The lowest BCUT2D eigenvalue weighted by atomic mass is 9.62. The Morgan fingerprint density at radius 1 is 1.29 bits per heavy atom. The van der Waals surface area contributed by atoms with Gasteiger partial charge in [-0.25, -0.2) is 9.97 Å². The molecule has 0 bridgehead atoms. The van der Waals surface area contributed by atoms with E-state index < -0.39 is 11.4 Å². The van der Waals surface area contributed by atoms with Crippen molar-refractivity contribution in [3.8, 4) is 0 Å². The fraction of sp³-hybridized carbons (Fsp3) is 0.556. The van der Waals surface area contributed by atoms with Crippen LogP contribution in [-0.2, 0) is 4.79 Å². The molecule has 2 aliphatic carbocycles. The summed E-state index contributed by atoms with van der Waals surface area (Å²) in [6.45, 7) is 1.02. The zero-order chi connectivity index (χ0) is 16.7.